The lowest BCUT2D eigenvalue weighted by molar-refractivity contribution is -0.115. The van der Waals surface area contributed by atoms with Crippen LogP contribution < -0.4 is 5.32 Å². The summed E-state index contributed by atoms with van der Waals surface area (Å²) in [5.74, 6) is -0.643. The highest BCUT2D eigenvalue weighted by Crippen LogP contribution is 2.21. The van der Waals surface area contributed by atoms with Crippen molar-refractivity contribution in [1.29, 1.82) is 0 Å². The number of rotatable bonds is 6. The number of nitrogens with one attached hydrogen (secondary N) is 1. The molecule has 0 spiro atoms. The Hall–Kier alpha value is -2.59. The van der Waals surface area contributed by atoms with E-state index in [2.05, 4.69) is 20.5 Å². The second kappa shape index (κ2) is 7.34. The van der Waals surface area contributed by atoms with Gasteiger partial charge in [0.25, 0.3) is 5.89 Å². The monoisotopic (exact) mass is 392 g/mol. The Labute approximate surface area is 154 Å². The molecule has 0 aliphatic carbocycles. The fourth-order valence-electron chi connectivity index (χ4n) is 2.11. The van der Waals surface area contributed by atoms with Crippen LogP contribution >= 0.6 is 11.3 Å². The van der Waals surface area contributed by atoms with Gasteiger partial charge in [0.2, 0.25) is 5.91 Å². The number of hydrogen-bond donors (Lipinski definition) is 1. The van der Waals surface area contributed by atoms with E-state index in [1.54, 1.807) is 17.5 Å². The maximum atomic E-state index is 12.3. The van der Waals surface area contributed by atoms with E-state index in [1.165, 1.54) is 23.5 Å². The summed E-state index contributed by atoms with van der Waals surface area (Å²) in [5.41, 5.74) is 1.49. The maximum absolute atomic E-state index is 12.3. The number of sulfone groups is 1. The highest BCUT2D eigenvalue weighted by molar-refractivity contribution is 7.91. The van der Waals surface area contributed by atoms with Crippen molar-refractivity contribution in [1.82, 2.24) is 15.2 Å². The average molecular weight is 392 g/mol. The third kappa shape index (κ3) is 4.33. The first-order valence-corrected chi connectivity index (χ1v) is 10.2. The third-order valence-electron chi connectivity index (χ3n) is 3.49. The average Bonchev–Trinajstić information content (AvgIpc) is 3.22. The zero-order valence-corrected chi connectivity index (χ0v) is 15.7. The molecule has 136 valence electrons. The fourth-order valence-corrected chi connectivity index (χ4v) is 3.94. The first-order valence-electron chi connectivity index (χ1n) is 7.69. The number of carbonyl (C=O) groups is 1. The minimum absolute atomic E-state index is 0.0941. The molecule has 0 fully saturated rings. The van der Waals surface area contributed by atoms with Gasteiger partial charge >= 0.3 is 6.01 Å². The van der Waals surface area contributed by atoms with E-state index in [9.17, 15) is 13.2 Å². The van der Waals surface area contributed by atoms with Gasteiger partial charge in [-0.05, 0) is 26.0 Å². The van der Waals surface area contributed by atoms with Crippen LogP contribution in [0.5, 0.6) is 0 Å². The van der Waals surface area contributed by atoms with Gasteiger partial charge in [0.05, 0.1) is 15.7 Å². The Balaban J connectivity index is 1.59. The summed E-state index contributed by atoms with van der Waals surface area (Å²) in [5, 5.41) is 12.6. The molecule has 0 saturated heterocycles. The number of carbonyl (C=O) groups excluding carboxylic acids is 1. The van der Waals surface area contributed by atoms with E-state index in [0.29, 0.717) is 5.69 Å². The number of benzene rings is 1. The van der Waals surface area contributed by atoms with Crippen molar-refractivity contribution in [3.05, 3.63) is 40.2 Å². The normalized spacial score (nSPS) is 11.5. The van der Waals surface area contributed by atoms with Gasteiger partial charge in [-0.3, -0.25) is 10.1 Å². The van der Waals surface area contributed by atoms with Crippen molar-refractivity contribution in [2.45, 2.75) is 25.2 Å². The van der Waals surface area contributed by atoms with Crippen LogP contribution in [0.2, 0.25) is 0 Å². The van der Waals surface area contributed by atoms with E-state index in [4.69, 9.17) is 4.42 Å². The minimum atomic E-state index is -3.54. The lowest BCUT2D eigenvalue weighted by atomic mass is 10.2. The summed E-state index contributed by atoms with van der Waals surface area (Å²) in [6.45, 7) is 3.72. The summed E-state index contributed by atoms with van der Waals surface area (Å²) < 4.78 is 29.8. The standard InChI is InChI=1S/C16H16N4O4S2/c1-10-3-5-12(6-4-10)26(22,23)8-7-14(21)18-16-20-19-15(24-16)13-9-25-11(2)17-13/h3-6,9H,7-8H2,1-2H3,(H,18,20,21). The number of amides is 1. The van der Waals surface area contributed by atoms with Crippen molar-refractivity contribution in [3.8, 4) is 11.6 Å². The molecule has 2 heterocycles. The summed E-state index contributed by atoms with van der Waals surface area (Å²) in [7, 11) is -3.54. The highest BCUT2D eigenvalue weighted by atomic mass is 32.2. The molecule has 3 rings (SSSR count). The van der Waals surface area contributed by atoms with Crippen LogP contribution in [-0.4, -0.2) is 35.3 Å². The van der Waals surface area contributed by atoms with Gasteiger partial charge in [0.1, 0.15) is 5.69 Å². The quantitative estimate of drug-likeness (QED) is 0.685. The van der Waals surface area contributed by atoms with Crippen LogP contribution in [0, 0.1) is 13.8 Å². The lowest BCUT2D eigenvalue weighted by Crippen LogP contribution is -2.17. The van der Waals surface area contributed by atoms with Crippen molar-refractivity contribution in [2.24, 2.45) is 0 Å². The Morgan fingerprint density at radius 2 is 1.92 bits per heavy atom. The van der Waals surface area contributed by atoms with Crippen LogP contribution in [0.25, 0.3) is 11.6 Å². The molecule has 10 heteroatoms. The first-order chi connectivity index (χ1) is 12.3. The second-order valence-corrected chi connectivity index (χ2v) is 8.77. The molecule has 0 unspecified atom stereocenters. The van der Waals surface area contributed by atoms with Crippen LogP contribution in [0.3, 0.4) is 0 Å². The number of aromatic nitrogens is 3. The number of nitrogens with zero attached hydrogens (tertiary/aromatic N) is 3. The molecule has 26 heavy (non-hydrogen) atoms. The predicted molar refractivity (Wildman–Crippen MR) is 96.6 cm³/mol. The van der Waals surface area contributed by atoms with E-state index in [1.807, 2.05) is 13.8 Å². The Kier molecular flexibility index (Phi) is 5.14. The molecule has 2 aromatic heterocycles. The smallest absolute Gasteiger partial charge is 0.322 e. The predicted octanol–water partition coefficient (Wildman–Crippen LogP) is 2.61. The van der Waals surface area contributed by atoms with Crippen molar-refractivity contribution in [2.75, 3.05) is 11.1 Å². The molecule has 0 radical (unpaired) electrons. The van der Waals surface area contributed by atoms with Gasteiger partial charge in [0, 0.05) is 11.8 Å². The Morgan fingerprint density at radius 1 is 1.19 bits per heavy atom. The Bertz CT molecular complexity index is 1020. The van der Waals surface area contributed by atoms with E-state index in [0.717, 1.165) is 10.6 Å². The van der Waals surface area contributed by atoms with Crippen molar-refractivity contribution in [3.63, 3.8) is 0 Å². The summed E-state index contributed by atoms with van der Waals surface area (Å²) >= 11 is 1.44. The summed E-state index contributed by atoms with van der Waals surface area (Å²) in [6, 6.07) is 6.40. The van der Waals surface area contributed by atoms with Gasteiger partial charge in [0.15, 0.2) is 9.84 Å². The number of anilines is 1. The topological polar surface area (TPSA) is 115 Å². The van der Waals surface area contributed by atoms with Gasteiger partial charge in [-0.25, -0.2) is 13.4 Å². The van der Waals surface area contributed by atoms with Gasteiger partial charge in [-0.1, -0.05) is 22.8 Å². The number of thiazole rings is 1. The largest absolute Gasteiger partial charge is 0.401 e. The number of aryl methyl sites for hydroxylation is 2. The molecule has 1 N–H and O–H groups in total. The van der Waals surface area contributed by atoms with Gasteiger partial charge < -0.3 is 4.42 Å². The van der Waals surface area contributed by atoms with E-state index >= 15 is 0 Å². The van der Waals surface area contributed by atoms with Crippen LogP contribution in [0.1, 0.15) is 17.0 Å². The molecule has 0 bridgehead atoms. The maximum Gasteiger partial charge on any atom is 0.322 e. The fraction of sp³-hybridized carbons (Fsp3) is 0.250. The lowest BCUT2D eigenvalue weighted by Gasteiger charge is -2.04. The molecule has 0 saturated carbocycles. The third-order valence-corrected chi connectivity index (χ3v) is 5.99. The van der Waals surface area contributed by atoms with Gasteiger partial charge in [-0.15, -0.1) is 16.4 Å². The minimum Gasteiger partial charge on any atom is -0.401 e. The molecular weight excluding hydrogens is 376 g/mol. The summed E-state index contributed by atoms with van der Waals surface area (Å²) in [4.78, 5) is 16.4. The molecule has 0 atom stereocenters. The van der Waals surface area contributed by atoms with E-state index in [-0.39, 0.29) is 29.0 Å². The Morgan fingerprint density at radius 3 is 2.58 bits per heavy atom. The second-order valence-electron chi connectivity index (χ2n) is 5.59. The highest BCUT2D eigenvalue weighted by Gasteiger charge is 2.18. The molecule has 1 amide bonds. The van der Waals surface area contributed by atoms with E-state index < -0.39 is 15.7 Å². The van der Waals surface area contributed by atoms with Crippen molar-refractivity contribution < 1.29 is 17.6 Å². The molecule has 8 nitrogen and oxygen atoms in total. The molecule has 3 aromatic rings. The number of hydrogen-bond acceptors (Lipinski definition) is 8. The van der Waals surface area contributed by atoms with Gasteiger partial charge in [-0.2, -0.15) is 0 Å². The summed E-state index contributed by atoms with van der Waals surface area (Å²) in [6.07, 6.45) is -0.219. The molecular formula is C16H16N4O4S2. The first kappa shape index (κ1) is 18.2. The van der Waals surface area contributed by atoms with Crippen molar-refractivity contribution >= 4 is 33.1 Å². The molecule has 1 aromatic carbocycles. The van der Waals surface area contributed by atoms with Crippen LogP contribution in [0.4, 0.5) is 6.01 Å². The SMILES string of the molecule is Cc1ccc(S(=O)(=O)CCC(=O)Nc2nnc(-c3csc(C)n3)o2)cc1. The molecule has 0 aliphatic rings. The zero-order valence-electron chi connectivity index (χ0n) is 14.1. The van der Waals surface area contributed by atoms with Crippen LogP contribution in [-0.2, 0) is 14.6 Å². The molecule has 0 aliphatic heterocycles. The zero-order chi connectivity index (χ0) is 18.7. The van der Waals surface area contributed by atoms with Crippen LogP contribution in [0.15, 0.2) is 39.0 Å².